The van der Waals surface area contributed by atoms with Crippen molar-refractivity contribution in [3.8, 4) is 5.69 Å². The van der Waals surface area contributed by atoms with Gasteiger partial charge >= 0.3 is 6.18 Å². The number of halogens is 4. The van der Waals surface area contributed by atoms with E-state index in [4.69, 9.17) is 11.6 Å². The Morgan fingerprint density at radius 2 is 1.72 bits per heavy atom. The third-order valence-electron chi connectivity index (χ3n) is 4.05. The first-order chi connectivity index (χ1) is 13.7. The molecule has 1 heterocycles. The second-order valence-corrected chi connectivity index (χ2v) is 6.46. The van der Waals surface area contributed by atoms with Gasteiger partial charge in [0.25, 0.3) is 11.8 Å². The van der Waals surface area contributed by atoms with Gasteiger partial charge in [0, 0.05) is 10.6 Å². The molecule has 10 heteroatoms. The van der Waals surface area contributed by atoms with Crippen LogP contribution in [0.1, 0.15) is 32.0 Å². The number of hydrazine groups is 1. The molecule has 6 nitrogen and oxygen atoms in total. The van der Waals surface area contributed by atoms with Gasteiger partial charge in [-0.25, -0.2) is 4.68 Å². The molecule has 0 bridgehead atoms. The molecular weight excluding hydrogens is 409 g/mol. The highest BCUT2D eigenvalue weighted by Crippen LogP contribution is 2.30. The molecule has 0 atom stereocenters. The number of hydrogen-bond acceptors (Lipinski definition) is 3. The number of nitrogens with zero attached hydrogens (tertiary/aromatic N) is 2. The highest BCUT2D eigenvalue weighted by atomic mass is 35.5. The number of hydrogen-bond donors (Lipinski definition) is 2. The predicted octanol–water partition coefficient (Wildman–Crippen LogP) is 3.93. The summed E-state index contributed by atoms with van der Waals surface area (Å²) in [5.41, 5.74) is 4.45. The van der Waals surface area contributed by atoms with Gasteiger partial charge in [0.1, 0.15) is 0 Å². The van der Waals surface area contributed by atoms with Crippen LogP contribution in [0, 0.1) is 6.92 Å². The minimum absolute atomic E-state index is 0.0915. The van der Waals surface area contributed by atoms with E-state index in [9.17, 15) is 22.8 Å². The van der Waals surface area contributed by atoms with Crippen LogP contribution in [0.2, 0.25) is 5.02 Å². The molecule has 0 unspecified atom stereocenters. The standard InChI is InChI=1S/C19H14ClF3N4O2/c1-11-16(18(29)26-25-17(28)12-4-2-6-14(20)8-12)10-24-27(11)15-7-3-5-13(9-15)19(21,22)23/h2-10H,1H3,(H,25,28)(H,26,29). The third-order valence-corrected chi connectivity index (χ3v) is 4.28. The summed E-state index contributed by atoms with van der Waals surface area (Å²) in [6.07, 6.45) is -3.29. The second-order valence-electron chi connectivity index (χ2n) is 6.02. The zero-order valence-electron chi connectivity index (χ0n) is 14.9. The Bertz CT molecular complexity index is 1080. The van der Waals surface area contributed by atoms with E-state index in [1.165, 1.54) is 42.1 Å². The molecular formula is C19H14ClF3N4O2. The summed E-state index contributed by atoms with van der Waals surface area (Å²) in [6.45, 7) is 1.53. The highest BCUT2D eigenvalue weighted by Gasteiger charge is 2.30. The van der Waals surface area contributed by atoms with Gasteiger partial charge in [0.15, 0.2) is 0 Å². The van der Waals surface area contributed by atoms with Crippen molar-refractivity contribution in [1.82, 2.24) is 20.6 Å². The molecule has 0 radical (unpaired) electrons. The van der Waals surface area contributed by atoms with Crippen LogP contribution in [0.4, 0.5) is 13.2 Å². The first-order valence-corrected chi connectivity index (χ1v) is 8.63. The fraction of sp³-hybridized carbons (Fsp3) is 0.105. The van der Waals surface area contributed by atoms with Gasteiger partial charge in [-0.05, 0) is 43.3 Å². The maximum absolute atomic E-state index is 12.9. The monoisotopic (exact) mass is 422 g/mol. The van der Waals surface area contributed by atoms with E-state index in [1.54, 1.807) is 12.1 Å². The lowest BCUT2D eigenvalue weighted by Gasteiger charge is -2.10. The Morgan fingerprint density at radius 1 is 1.03 bits per heavy atom. The van der Waals surface area contributed by atoms with Gasteiger partial charge in [-0.15, -0.1) is 0 Å². The van der Waals surface area contributed by atoms with Crippen molar-refractivity contribution >= 4 is 23.4 Å². The first-order valence-electron chi connectivity index (χ1n) is 8.25. The van der Waals surface area contributed by atoms with Crippen molar-refractivity contribution in [2.45, 2.75) is 13.1 Å². The van der Waals surface area contributed by atoms with Gasteiger partial charge in [0.05, 0.1) is 28.7 Å². The smallest absolute Gasteiger partial charge is 0.267 e. The molecule has 2 amide bonds. The lowest BCUT2D eigenvalue weighted by atomic mass is 10.2. The van der Waals surface area contributed by atoms with Crippen LogP contribution in [0.5, 0.6) is 0 Å². The maximum atomic E-state index is 12.9. The number of alkyl halides is 3. The summed E-state index contributed by atoms with van der Waals surface area (Å²) in [4.78, 5) is 24.4. The molecule has 0 aliphatic rings. The first kappa shape index (κ1) is 20.4. The Morgan fingerprint density at radius 3 is 2.41 bits per heavy atom. The molecule has 0 saturated heterocycles. The van der Waals surface area contributed by atoms with Crippen LogP contribution >= 0.6 is 11.6 Å². The van der Waals surface area contributed by atoms with E-state index in [1.807, 2.05) is 0 Å². The van der Waals surface area contributed by atoms with Crippen molar-refractivity contribution < 1.29 is 22.8 Å². The predicted molar refractivity (Wildman–Crippen MR) is 99.7 cm³/mol. The van der Waals surface area contributed by atoms with Crippen LogP contribution < -0.4 is 10.9 Å². The number of nitrogens with one attached hydrogen (secondary N) is 2. The second kappa shape index (κ2) is 7.96. The fourth-order valence-corrected chi connectivity index (χ4v) is 2.78. The quantitative estimate of drug-likeness (QED) is 0.628. The lowest BCUT2D eigenvalue weighted by molar-refractivity contribution is -0.137. The summed E-state index contributed by atoms with van der Waals surface area (Å²) in [7, 11) is 0. The van der Waals surface area contributed by atoms with E-state index < -0.39 is 23.6 Å². The number of aromatic nitrogens is 2. The van der Waals surface area contributed by atoms with Gasteiger partial charge in [-0.3, -0.25) is 20.4 Å². The SMILES string of the molecule is Cc1c(C(=O)NNC(=O)c2cccc(Cl)c2)cnn1-c1cccc(C(F)(F)F)c1. The summed E-state index contributed by atoms with van der Waals surface area (Å²) in [5.74, 6) is -1.25. The van der Waals surface area contributed by atoms with Crippen molar-refractivity contribution in [3.05, 3.63) is 82.1 Å². The summed E-state index contributed by atoms with van der Waals surface area (Å²) in [5, 5.41) is 4.35. The topological polar surface area (TPSA) is 76.0 Å². The summed E-state index contributed by atoms with van der Waals surface area (Å²) < 4.78 is 40.0. The van der Waals surface area contributed by atoms with E-state index in [0.29, 0.717) is 10.7 Å². The van der Waals surface area contributed by atoms with Crippen molar-refractivity contribution in [1.29, 1.82) is 0 Å². The van der Waals surface area contributed by atoms with E-state index in [-0.39, 0.29) is 16.8 Å². The number of amides is 2. The molecule has 0 saturated carbocycles. The Labute approximate surface area is 168 Å². The largest absolute Gasteiger partial charge is 0.416 e. The van der Waals surface area contributed by atoms with Gasteiger partial charge < -0.3 is 0 Å². The molecule has 2 aromatic carbocycles. The third kappa shape index (κ3) is 4.57. The van der Waals surface area contributed by atoms with Gasteiger partial charge in [-0.1, -0.05) is 23.7 Å². The van der Waals surface area contributed by atoms with Gasteiger partial charge in [0.2, 0.25) is 0 Å². The molecule has 1 aromatic heterocycles. The molecule has 150 valence electrons. The number of rotatable bonds is 3. The summed E-state index contributed by atoms with van der Waals surface area (Å²) >= 11 is 5.82. The Kier molecular flexibility index (Phi) is 5.60. The van der Waals surface area contributed by atoms with Crippen LogP contribution in [0.3, 0.4) is 0 Å². The average molecular weight is 423 g/mol. The normalized spacial score (nSPS) is 11.2. The Balaban J connectivity index is 1.75. The zero-order chi connectivity index (χ0) is 21.2. The van der Waals surface area contributed by atoms with E-state index in [2.05, 4.69) is 16.0 Å². The fourth-order valence-electron chi connectivity index (χ4n) is 2.59. The number of carbonyl (C=O) groups is 2. The van der Waals surface area contributed by atoms with Crippen LogP contribution in [0.15, 0.2) is 54.7 Å². The minimum Gasteiger partial charge on any atom is -0.267 e. The molecule has 0 aliphatic heterocycles. The van der Waals surface area contributed by atoms with E-state index in [0.717, 1.165) is 12.1 Å². The van der Waals surface area contributed by atoms with E-state index >= 15 is 0 Å². The summed E-state index contributed by atoms with van der Waals surface area (Å²) in [6, 6.07) is 10.7. The average Bonchev–Trinajstić information content (AvgIpc) is 3.06. The highest BCUT2D eigenvalue weighted by molar-refractivity contribution is 6.30. The molecule has 0 spiro atoms. The molecule has 0 aliphatic carbocycles. The number of benzene rings is 2. The van der Waals surface area contributed by atoms with Crippen LogP contribution in [-0.4, -0.2) is 21.6 Å². The Hall–Kier alpha value is -3.33. The maximum Gasteiger partial charge on any atom is 0.416 e. The lowest BCUT2D eigenvalue weighted by Crippen LogP contribution is -2.41. The van der Waals surface area contributed by atoms with Gasteiger partial charge in [-0.2, -0.15) is 18.3 Å². The molecule has 29 heavy (non-hydrogen) atoms. The molecule has 3 rings (SSSR count). The zero-order valence-corrected chi connectivity index (χ0v) is 15.7. The molecule has 2 N–H and O–H groups in total. The van der Waals surface area contributed by atoms with Crippen LogP contribution in [-0.2, 0) is 6.18 Å². The minimum atomic E-state index is -4.50. The number of carbonyl (C=O) groups excluding carboxylic acids is 2. The molecule has 0 fully saturated rings. The van der Waals surface area contributed by atoms with Crippen molar-refractivity contribution in [2.24, 2.45) is 0 Å². The molecule has 3 aromatic rings. The van der Waals surface area contributed by atoms with Crippen molar-refractivity contribution in [2.75, 3.05) is 0 Å². The van der Waals surface area contributed by atoms with Crippen LogP contribution in [0.25, 0.3) is 5.69 Å². The van der Waals surface area contributed by atoms with Crippen molar-refractivity contribution in [3.63, 3.8) is 0 Å².